The molecule has 0 spiro atoms. The van der Waals surface area contributed by atoms with Crippen molar-refractivity contribution in [1.82, 2.24) is 0 Å². The Labute approximate surface area is 155 Å². The summed E-state index contributed by atoms with van der Waals surface area (Å²) < 4.78 is 2.28. The number of hydrogen-bond donors (Lipinski definition) is 0. The Morgan fingerprint density at radius 3 is 1.46 bits per heavy atom. The molecule has 0 aliphatic heterocycles. The lowest BCUT2D eigenvalue weighted by Gasteiger charge is -2.02. The minimum atomic E-state index is 0. The van der Waals surface area contributed by atoms with Crippen LogP contribution in [0.4, 0.5) is 0 Å². The molecule has 1 aromatic rings. The smallest absolute Gasteiger partial charge is 0.168 e. The van der Waals surface area contributed by atoms with Gasteiger partial charge in [0.1, 0.15) is 12.8 Å². The van der Waals surface area contributed by atoms with Crippen molar-refractivity contribution in [2.24, 2.45) is 0 Å². The summed E-state index contributed by atoms with van der Waals surface area (Å²) in [5, 5.41) is 0. The molecule has 0 saturated heterocycles. The molecule has 3 heteroatoms. The van der Waals surface area contributed by atoms with Gasteiger partial charge in [-0.05, 0) is 12.8 Å². The number of rotatable bonds is 16. The van der Waals surface area contributed by atoms with Crippen molar-refractivity contribution in [3.05, 3.63) is 30.6 Å². The number of aldehydes is 1. The summed E-state index contributed by atoms with van der Waals surface area (Å²) in [6, 6.07) is 6.28. The van der Waals surface area contributed by atoms with Gasteiger partial charge in [0.05, 0.1) is 0 Å². The van der Waals surface area contributed by atoms with Crippen LogP contribution in [-0.2, 0) is 11.3 Å². The highest BCUT2D eigenvalue weighted by Crippen LogP contribution is 2.12. The molecular formula is C21H36ClNO. The van der Waals surface area contributed by atoms with Gasteiger partial charge < -0.3 is 17.2 Å². The third-order valence-electron chi connectivity index (χ3n) is 4.52. The Hall–Kier alpha value is -0.890. The minimum absolute atomic E-state index is 0. The summed E-state index contributed by atoms with van der Waals surface area (Å²) in [4.78, 5) is 10.2. The summed E-state index contributed by atoms with van der Waals surface area (Å²) in [6.07, 6.45) is 23.6. The molecule has 0 saturated carbocycles. The van der Waals surface area contributed by atoms with Crippen molar-refractivity contribution in [3.63, 3.8) is 0 Å². The van der Waals surface area contributed by atoms with E-state index in [2.05, 4.69) is 35.2 Å². The standard InChI is InChI=1S/C21H36NO.ClH/c23-21-17-12-10-8-6-4-2-1-3-5-7-9-11-14-18-22-19-15-13-16-20-22;/h13,15-16,19-21H,1-12,14,17-18H2;1H/q+1;/p-1. The SMILES string of the molecule is O=CCCCCCCCCCCCCCCC[n+]1ccccc1.[Cl-]. The molecule has 24 heavy (non-hydrogen) atoms. The van der Waals surface area contributed by atoms with E-state index in [9.17, 15) is 4.79 Å². The largest absolute Gasteiger partial charge is 1.00 e. The van der Waals surface area contributed by atoms with Gasteiger partial charge in [0, 0.05) is 25.0 Å². The zero-order valence-corrected chi connectivity index (χ0v) is 16.1. The first kappa shape index (κ1) is 23.1. The fourth-order valence-corrected chi connectivity index (χ4v) is 3.05. The molecule has 0 aromatic carbocycles. The molecule has 0 bridgehead atoms. The summed E-state index contributed by atoms with van der Waals surface area (Å²) in [5.41, 5.74) is 0. The van der Waals surface area contributed by atoms with E-state index < -0.39 is 0 Å². The van der Waals surface area contributed by atoms with E-state index in [1.165, 1.54) is 77.0 Å². The van der Waals surface area contributed by atoms with Crippen LogP contribution in [0.5, 0.6) is 0 Å². The first-order valence-corrected chi connectivity index (χ1v) is 9.81. The molecule has 1 rings (SSSR count). The minimum Gasteiger partial charge on any atom is -1.00 e. The van der Waals surface area contributed by atoms with Crippen LogP contribution in [0, 0.1) is 0 Å². The highest BCUT2D eigenvalue weighted by atomic mass is 35.5. The van der Waals surface area contributed by atoms with Crippen LogP contribution < -0.4 is 17.0 Å². The predicted octanol–water partition coefficient (Wildman–Crippen LogP) is 2.64. The lowest BCUT2D eigenvalue weighted by Crippen LogP contribution is -3.00. The highest BCUT2D eigenvalue weighted by Gasteiger charge is 1.98. The van der Waals surface area contributed by atoms with Crippen molar-refractivity contribution in [2.75, 3.05) is 0 Å². The van der Waals surface area contributed by atoms with Crippen molar-refractivity contribution >= 4 is 6.29 Å². The van der Waals surface area contributed by atoms with Crippen LogP contribution >= 0.6 is 0 Å². The number of carbonyl (C=O) groups excluding carboxylic acids is 1. The van der Waals surface area contributed by atoms with Crippen LogP contribution in [0.25, 0.3) is 0 Å². The lowest BCUT2D eigenvalue weighted by molar-refractivity contribution is -0.697. The van der Waals surface area contributed by atoms with Gasteiger partial charge in [0.15, 0.2) is 12.4 Å². The molecule has 1 aromatic heterocycles. The second-order valence-electron chi connectivity index (χ2n) is 6.66. The number of nitrogens with zero attached hydrogens (tertiary/aromatic N) is 1. The van der Waals surface area contributed by atoms with Crippen LogP contribution in [0.15, 0.2) is 30.6 Å². The van der Waals surface area contributed by atoms with Crippen LogP contribution in [0.3, 0.4) is 0 Å². The second-order valence-corrected chi connectivity index (χ2v) is 6.66. The monoisotopic (exact) mass is 353 g/mol. The van der Waals surface area contributed by atoms with Gasteiger partial charge in [-0.2, -0.15) is 0 Å². The normalized spacial score (nSPS) is 10.3. The Kier molecular flexibility index (Phi) is 17.8. The first-order valence-electron chi connectivity index (χ1n) is 9.81. The quantitative estimate of drug-likeness (QED) is 0.254. The molecule has 0 unspecified atom stereocenters. The number of unbranched alkanes of at least 4 members (excludes halogenated alkanes) is 13. The molecule has 0 fully saturated rings. The van der Waals surface area contributed by atoms with Crippen LogP contribution in [0.1, 0.15) is 89.9 Å². The van der Waals surface area contributed by atoms with E-state index in [4.69, 9.17) is 0 Å². The van der Waals surface area contributed by atoms with Gasteiger partial charge in [-0.25, -0.2) is 4.57 Å². The van der Waals surface area contributed by atoms with Crippen LogP contribution in [-0.4, -0.2) is 6.29 Å². The maximum Gasteiger partial charge on any atom is 0.168 e. The molecule has 0 N–H and O–H groups in total. The zero-order valence-electron chi connectivity index (χ0n) is 15.3. The molecule has 0 amide bonds. The maximum atomic E-state index is 10.2. The predicted molar refractivity (Wildman–Crippen MR) is 97.3 cm³/mol. The molecule has 138 valence electrons. The second kappa shape index (κ2) is 18.4. The van der Waals surface area contributed by atoms with E-state index in [1.807, 2.05) is 0 Å². The molecule has 0 radical (unpaired) electrons. The molecule has 2 nitrogen and oxygen atoms in total. The number of hydrogen-bond acceptors (Lipinski definition) is 1. The number of halogens is 1. The number of carbonyl (C=O) groups is 1. The van der Waals surface area contributed by atoms with Crippen LogP contribution in [0.2, 0.25) is 0 Å². The summed E-state index contributed by atoms with van der Waals surface area (Å²) in [7, 11) is 0. The number of aryl methyl sites for hydroxylation is 1. The summed E-state index contributed by atoms with van der Waals surface area (Å²) in [5.74, 6) is 0. The summed E-state index contributed by atoms with van der Waals surface area (Å²) in [6.45, 7) is 1.16. The lowest BCUT2D eigenvalue weighted by atomic mass is 10.0. The molecule has 0 atom stereocenters. The fourth-order valence-electron chi connectivity index (χ4n) is 3.05. The van der Waals surface area contributed by atoms with Crippen molar-refractivity contribution in [2.45, 2.75) is 96.4 Å². The van der Waals surface area contributed by atoms with Gasteiger partial charge in [-0.3, -0.25) is 0 Å². The third-order valence-corrected chi connectivity index (χ3v) is 4.52. The Morgan fingerprint density at radius 1 is 0.583 bits per heavy atom. The molecule has 0 aliphatic carbocycles. The van der Waals surface area contributed by atoms with E-state index in [0.717, 1.165) is 25.7 Å². The van der Waals surface area contributed by atoms with Gasteiger partial charge in [0.25, 0.3) is 0 Å². The van der Waals surface area contributed by atoms with Gasteiger partial charge in [-0.1, -0.05) is 70.3 Å². The van der Waals surface area contributed by atoms with Gasteiger partial charge >= 0.3 is 0 Å². The molecular weight excluding hydrogens is 318 g/mol. The molecule has 1 heterocycles. The average molecular weight is 354 g/mol. The average Bonchev–Trinajstić information content (AvgIpc) is 2.59. The highest BCUT2D eigenvalue weighted by molar-refractivity contribution is 5.48. The topological polar surface area (TPSA) is 20.9 Å². The van der Waals surface area contributed by atoms with Crippen molar-refractivity contribution in [1.29, 1.82) is 0 Å². The first-order chi connectivity index (χ1) is 11.4. The van der Waals surface area contributed by atoms with Gasteiger partial charge in [-0.15, -0.1) is 0 Å². The Bertz CT molecular complexity index is 369. The number of aromatic nitrogens is 1. The third kappa shape index (κ3) is 14.7. The van der Waals surface area contributed by atoms with E-state index >= 15 is 0 Å². The van der Waals surface area contributed by atoms with Crippen molar-refractivity contribution < 1.29 is 21.8 Å². The van der Waals surface area contributed by atoms with Gasteiger partial charge in [0.2, 0.25) is 0 Å². The fraction of sp³-hybridized carbons (Fsp3) is 0.714. The number of pyridine rings is 1. The Morgan fingerprint density at radius 2 is 1.00 bits per heavy atom. The van der Waals surface area contributed by atoms with E-state index in [0.29, 0.717) is 0 Å². The van der Waals surface area contributed by atoms with E-state index in [1.54, 1.807) is 0 Å². The zero-order chi connectivity index (χ0) is 16.4. The molecule has 0 aliphatic rings. The summed E-state index contributed by atoms with van der Waals surface area (Å²) >= 11 is 0. The Balaban J connectivity index is 0.00000529. The van der Waals surface area contributed by atoms with Crippen molar-refractivity contribution in [3.8, 4) is 0 Å². The maximum absolute atomic E-state index is 10.2. The van der Waals surface area contributed by atoms with E-state index in [-0.39, 0.29) is 12.4 Å².